The summed E-state index contributed by atoms with van der Waals surface area (Å²) in [6.45, 7) is 3.73. The van der Waals surface area contributed by atoms with E-state index in [4.69, 9.17) is 4.74 Å². The summed E-state index contributed by atoms with van der Waals surface area (Å²) in [5.41, 5.74) is 0.480. The molecule has 2 aromatic rings. The number of hydrogen-bond acceptors (Lipinski definition) is 3. The van der Waals surface area contributed by atoms with Gasteiger partial charge in [0.1, 0.15) is 17.4 Å². The number of rotatable bonds is 5. The zero-order chi connectivity index (χ0) is 15.4. The summed E-state index contributed by atoms with van der Waals surface area (Å²) in [4.78, 5) is 16.1. The number of ether oxygens (including phenoxy) is 1. The van der Waals surface area contributed by atoms with Crippen LogP contribution in [0.4, 0.5) is 8.78 Å². The van der Waals surface area contributed by atoms with Gasteiger partial charge in [0.05, 0.1) is 12.3 Å². The zero-order valence-corrected chi connectivity index (χ0v) is 11.8. The van der Waals surface area contributed by atoms with Crippen molar-refractivity contribution in [1.29, 1.82) is 0 Å². The van der Waals surface area contributed by atoms with Crippen molar-refractivity contribution in [2.75, 3.05) is 0 Å². The second-order valence-corrected chi connectivity index (χ2v) is 4.91. The fraction of sp³-hybridized carbons (Fsp3) is 0.250. The number of benzene rings is 1. The maximum Gasteiger partial charge on any atom is 0.169 e. The van der Waals surface area contributed by atoms with Crippen LogP contribution >= 0.6 is 0 Å². The summed E-state index contributed by atoms with van der Waals surface area (Å²) < 4.78 is 31.8. The first-order valence-corrected chi connectivity index (χ1v) is 6.54. The Labute approximate surface area is 121 Å². The molecule has 21 heavy (non-hydrogen) atoms. The fourth-order valence-corrected chi connectivity index (χ4v) is 1.85. The normalized spacial score (nSPS) is 10.7. The zero-order valence-electron chi connectivity index (χ0n) is 11.8. The molecule has 0 unspecified atom stereocenters. The number of halogens is 2. The molecule has 0 bridgehead atoms. The number of ketones is 1. The second-order valence-electron chi connectivity index (χ2n) is 4.91. The van der Waals surface area contributed by atoms with Crippen molar-refractivity contribution >= 4 is 5.78 Å². The van der Waals surface area contributed by atoms with Gasteiger partial charge in [-0.1, -0.05) is 6.07 Å². The van der Waals surface area contributed by atoms with Crippen LogP contribution in [0.3, 0.4) is 0 Å². The predicted octanol–water partition coefficient (Wildman–Crippen LogP) is 3.57. The number of Topliss-reactive ketones (excluding diaryl/α,β-unsaturated/α-hetero) is 1. The molecular formula is C16H15F2NO2. The van der Waals surface area contributed by atoms with E-state index in [1.165, 1.54) is 18.5 Å². The molecule has 0 spiro atoms. The van der Waals surface area contributed by atoms with E-state index in [-0.39, 0.29) is 23.9 Å². The number of carbonyl (C=O) groups excluding carboxylic acids is 1. The van der Waals surface area contributed by atoms with Crippen molar-refractivity contribution in [3.8, 4) is 5.75 Å². The lowest BCUT2D eigenvalue weighted by molar-refractivity contribution is 0.0990. The lowest BCUT2D eigenvalue weighted by Crippen LogP contribution is -2.09. The van der Waals surface area contributed by atoms with E-state index in [9.17, 15) is 13.6 Å². The minimum absolute atomic E-state index is 0.0355. The molecule has 0 aliphatic rings. The molecule has 3 nitrogen and oxygen atoms in total. The summed E-state index contributed by atoms with van der Waals surface area (Å²) >= 11 is 0. The molecule has 0 radical (unpaired) electrons. The van der Waals surface area contributed by atoms with Gasteiger partial charge in [0.2, 0.25) is 0 Å². The topological polar surface area (TPSA) is 39.2 Å². The summed E-state index contributed by atoms with van der Waals surface area (Å²) in [6, 6.07) is 4.72. The van der Waals surface area contributed by atoms with Gasteiger partial charge >= 0.3 is 0 Å². The molecule has 110 valence electrons. The van der Waals surface area contributed by atoms with Gasteiger partial charge in [-0.2, -0.15) is 0 Å². The minimum Gasteiger partial charge on any atom is -0.489 e. The Balaban J connectivity index is 2.16. The average molecular weight is 291 g/mol. The van der Waals surface area contributed by atoms with E-state index in [0.29, 0.717) is 11.3 Å². The molecule has 1 heterocycles. The first kappa shape index (κ1) is 15.1. The van der Waals surface area contributed by atoms with Gasteiger partial charge in [0.25, 0.3) is 0 Å². The number of nitrogens with zero attached hydrogens (tertiary/aromatic N) is 1. The molecule has 0 saturated carbocycles. The van der Waals surface area contributed by atoms with Crippen molar-refractivity contribution < 1.29 is 18.3 Å². The number of carbonyl (C=O) groups is 1. The first-order valence-electron chi connectivity index (χ1n) is 6.54. The predicted molar refractivity (Wildman–Crippen MR) is 74.4 cm³/mol. The van der Waals surface area contributed by atoms with Crippen molar-refractivity contribution in [1.82, 2.24) is 4.98 Å². The molecule has 0 fully saturated rings. The van der Waals surface area contributed by atoms with Crippen LogP contribution in [-0.4, -0.2) is 16.9 Å². The summed E-state index contributed by atoms with van der Waals surface area (Å²) in [5.74, 6) is -1.22. The molecule has 0 N–H and O–H groups in total. The third-order valence-electron chi connectivity index (χ3n) is 2.77. The highest BCUT2D eigenvalue weighted by Gasteiger charge is 2.13. The van der Waals surface area contributed by atoms with Gasteiger partial charge < -0.3 is 4.74 Å². The monoisotopic (exact) mass is 291 g/mol. The molecule has 2 rings (SSSR count). The summed E-state index contributed by atoms with van der Waals surface area (Å²) in [6.07, 6.45) is 2.72. The largest absolute Gasteiger partial charge is 0.489 e. The molecule has 1 aromatic carbocycles. The number of hydrogen-bond donors (Lipinski definition) is 0. The van der Waals surface area contributed by atoms with Gasteiger partial charge in [-0.05, 0) is 31.5 Å². The van der Waals surface area contributed by atoms with Crippen LogP contribution in [0.5, 0.6) is 5.75 Å². The van der Waals surface area contributed by atoms with Gasteiger partial charge in [0, 0.05) is 24.2 Å². The van der Waals surface area contributed by atoms with E-state index in [1.54, 1.807) is 6.07 Å². The molecule has 0 aliphatic carbocycles. The molecule has 1 aromatic heterocycles. The van der Waals surface area contributed by atoms with E-state index in [0.717, 1.165) is 12.1 Å². The highest BCUT2D eigenvalue weighted by Crippen LogP contribution is 2.16. The molecule has 0 atom stereocenters. The van der Waals surface area contributed by atoms with Crippen LogP contribution in [0.25, 0.3) is 0 Å². The van der Waals surface area contributed by atoms with E-state index >= 15 is 0 Å². The molecule has 0 saturated heterocycles. The SMILES string of the molecule is CC(C)Oc1cncc(C(=O)Cc2ccc(F)cc2F)c1. The first-order chi connectivity index (χ1) is 9.95. The third kappa shape index (κ3) is 4.08. The lowest BCUT2D eigenvalue weighted by atomic mass is 10.0. The van der Waals surface area contributed by atoms with Crippen LogP contribution in [-0.2, 0) is 6.42 Å². The number of aromatic nitrogens is 1. The highest BCUT2D eigenvalue weighted by molar-refractivity contribution is 5.97. The Kier molecular flexibility index (Phi) is 4.62. The molecular weight excluding hydrogens is 276 g/mol. The second kappa shape index (κ2) is 6.43. The van der Waals surface area contributed by atoms with Crippen molar-refractivity contribution in [2.45, 2.75) is 26.4 Å². The van der Waals surface area contributed by atoms with Gasteiger partial charge in [-0.25, -0.2) is 8.78 Å². The van der Waals surface area contributed by atoms with Crippen LogP contribution in [0.2, 0.25) is 0 Å². The summed E-state index contributed by atoms with van der Waals surface area (Å²) in [7, 11) is 0. The standard InChI is InChI=1S/C16H15F2NO2/c1-10(2)21-14-5-12(8-19-9-14)16(20)6-11-3-4-13(17)7-15(11)18/h3-5,7-10H,6H2,1-2H3. The Morgan fingerprint density at radius 3 is 2.67 bits per heavy atom. The Hall–Kier alpha value is -2.30. The van der Waals surface area contributed by atoms with Crippen molar-refractivity contribution in [3.05, 3.63) is 59.4 Å². The lowest BCUT2D eigenvalue weighted by Gasteiger charge is -2.10. The van der Waals surface area contributed by atoms with E-state index < -0.39 is 11.6 Å². The molecule has 5 heteroatoms. The number of pyridine rings is 1. The quantitative estimate of drug-likeness (QED) is 0.790. The Bertz CT molecular complexity index is 656. The maximum atomic E-state index is 13.5. The molecule has 0 aliphatic heterocycles. The van der Waals surface area contributed by atoms with Crippen LogP contribution in [0.15, 0.2) is 36.7 Å². The minimum atomic E-state index is -0.731. The van der Waals surface area contributed by atoms with Gasteiger partial charge in [-0.3, -0.25) is 9.78 Å². The average Bonchev–Trinajstić information content (AvgIpc) is 2.41. The Morgan fingerprint density at radius 1 is 1.24 bits per heavy atom. The fourth-order valence-electron chi connectivity index (χ4n) is 1.85. The van der Waals surface area contributed by atoms with Crippen LogP contribution < -0.4 is 4.74 Å². The van der Waals surface area contributed by atoms with Crippen molar-refractivity contribution in [2.24, 2.45) is 0 Å². The van der Waals surface area contributed by atoms with Crippen molar-refractivity contribution in [3.63, 3.8) is 0 Å². The highest BCUT2D eigenvalue weighted by atomic mass is 19.1. The third-order valence-corrected chi connectivity index (χ3v) is 2.77. The Morgan fingerprint density at radius 2 is 2.00 bits per heavy atom. The smallest absolute Gasteiger partial charge is 0.169 e. The maximum absolute atomic E-state index is 13.5. The molecule has 0 amide bonds. The van der Waals surface area contributed by atoms with E-state index in [1.807, 2.05) is 13.8 Å². The van der Waals surface area contributed by atoms with Crippen LogP contribution in [0.1, 0.15) is 29.8 Å². The van der Waals surface area contributed by atoms with Gasteiger partial charge in [0.15, 0.2) is 5.78 Å². The van der Waals surface area contributed by atoms with Gasteiger partial charge in [-0.15, -0.1) is 0 Å². The summed E-state index contributed by atoms with van der Waals surface area (Å²) in [5, 5.41) is 0. The van der Waals surface area contributed by atoms with E-state index in [2.05, 4.69) is 4.98 Å². The van der Waals surface area contributed by atoms with Crippen LogP contribution in [0, 0.1) is 11.6 Å².